The van der Waals surface area contributed by atoms with E-state index in [0.29, 0.717) is 11.4 Å². The van der Waals surface area contributed by atoms with Crippen LogP contribution in [0.15, 0.2) is 29.2 Å². The van der Waals surface area contributed by atoms with Gasteiger partial charge in [0, 0.05) is 13.1 Å². The first-order valence-electron chi connectivity index (χ1n) is 6.57. The van der Waals surface area contributed by atoms with E-state index in [4.69, 9.17) is 5.73 Å². The van der Waals surface area contributed by atoms with Gasteiger partial charge in [-0.15, -0.1) is 0 Å². The van der Waals surface area contributed by atoms with E-state index in [1.807, 2.05) is 32.9 Å². The van der Waals surface area contributed by atoms with Gasteiger partial charge in [-0.05, 0) is 43.5 Å². The molecule has 0 saturated heterocycles. The molecule has 1 aromatic rings. The summed E-state index contributed by atoms with van der Waals surface area (Å²) in [6.07, 6.45) is 0.762. The Labute approximate surface area is 116 Å². The van der Waals surface area contributed by atoms with E-state index in [2.05, 4.69) is 0 Å². The quantitative estimate of drug-likeness (QED) is 0.867. The molecule has 1 rings (SSSR count). The van der Waals surface area contributed by atoms with Crippen LogP contribution in [0.4, 0.5) is 0 Å². The number of sulfonamides is 1. The molecule has 0 saturated carbocycles. The van der Waals surface area contributed by atoms with Crippen molar-refractivity contribution in [2.24, 2.45) is 11.7 Å². The summed E-state index contributed by atoms with van der Waals surface area (Å²) in [6.45, 7) is 6.52. The van der Waals surface area contributed by atoms with Gasteiger partial charge in [0.1, 0.15) is 0 Å². The van der Waals surface area contributed by atoms with Crippen LogP contribution in [0.3, 0.4) is 0 Å². The standard InChI is InChI=1S/C14H24N2O2S/c1-11(2)12(3)16(4)19(17,18)14-7-5-13(6-8-14)9-10-15/h5-8,11-12H,9-10,15H2,1-4H3. The van der Waals surface area contributed by atoms with Crippen molar-refractivity contribution in [3.05, 3.63) is 29.8 Å². The minimum Gasteiger partial charge on any atom is -0.330 e. The fourth-order valence-electron chi connectivity index (χ4n) is 1.80. The zero-order chi connectivity index (χ0) is 14.6. The molecule has 0 aliphatic heterocycles. The van der Waals surface area contributed by atoms with Crippen LogP contribution >= 0.6 is 0 Å². The number of nitrogens with two attached hydrogens (primary N) is 1. The summed E-state index contributed by atoms with van der Waals surface area (Å²) in [5, 5.41) is 0. The molecule has 1 atom stereocenters. The molecule has 5 heteroatoms. The lowest BCUT2D eigenvalue weighted by atomic mass is 10.1. The smallest absolute Gasteiger partial charge is 0.243 e. The summed E-state index contributed by atoms with van der Waals surface area (Å²) in [4.78, 5) is 0.336. The van der Waals surface area contributed by atoms with Gasteiger partial charge >= 0.3 is 0 Å². The van der Waals surface area contributed by atoms with Crippen molar-refractivity contribution in [1.29, 1.82) is 0 Å². The SMILES string of the molecule is CC(C)C(C)N(C)S(=O)(=O)c1ccc(CCN)cc1. The van der Waals surface area contributed by atoms with E-state index >= 15 is 0 Å². The third kappa shape index (κ3) is 3.78. The summed E-state index contributed by atoms with van der Waals surface area (Å²) in [5.41, 5.74) is 6.54. The van der Waals surface area contributed by atoms with Crippen LogP contribution in [0.25, 0.3) is 0 Å². The van der Waals surface area contributed by atoms with Crippen LogP contribution < -0.4 is 5.73 Å². The highest BCUT2D eigenvalue weighted by molar-refractivity contribution is 7.89. The van der Waals surface area contributed by atoms with Gasteiger partial charge in [0.05, 0.1) is 4.90 Å². The molecule has 0 aromatic heterocycles. The first-order chi connectivity index (χ1) is 8.80. The normalized spacial score (nSPS) is 14.1. The van der Waals surface area contributed by atoms with E-state index in [1.165, 1.54) is 4.31 Å². The molecule has 0 heterocycles. The zero-order valence-corrected chi connectivity index (χ0v) is 12.9. The van der Waals surface area contributed by atoms with Crippen LogP contribution in [0.5, 0.6) is 0 Å². The van der Waals surface area contributed by atoms with Crippen LogP contribution in [-0.2, 0) is 16.4 Å². The summed E-state index contributed by atoms with van der Waals surface area (Å²) in [6, 6.07) is 6.93. The molecule has 0 fully saturated rings. The summed E-state index contributed by atoms with van der Waals surface area (Å²) in [7, 11) is -1.78. The average molecular weight is 284 g/mol. The van der Waals surface area contributed by atoms with Crippen molar-refractivity contribution >= 4 is 10.0 Å². The molecule has 19 heavy (non-hydrogen) atoms. The van der Waals surface area contributed by atoms with E-state index in [1.54, 1.807) is 19.2 Å². The van der Waals surface area contributed by atoms with E-state index in [9.17, 15) is 8.42 Å². The first-order valence-corrected chi connectivity index (χ1v) is 8.01. The van der Waals surface area contributed by atoms with Gasteiger partial charge in [-0.25, -0.2) is 8.42 Å². The Morgan fingerprint density at radius 3 is 2.11 bits per heavy atom. The van der Waals surface area contributed by atoms with Crippen molar-refractivity contribution in [3.63, 3.8) is 0 Å². The van der Waals surface area contributed by atoms with E-state index in [0.717, 1.165) is 12.0 Å². The number of benzene rings is 1. The van der Waals surface area contributed by atoms with Crippen LogP contribution in [0, 0.1) is 5.92 Å². The molecule has 0 radical (unpaired) electrons. The average Bonchev–Trinajstić information content (AvgIpc) is 2.37. The number of hydrogen-bond donors (Lipinski definition) is 1. The minimum atomic E-state index is -3.41. The maximum Gasteiger partial charge on any atom is 0.243 e. The molecule has 1 aromatic carbocycles. The lowest BCUT2D eigenvalue weighted by molar-refractivity contribution is 0.316. The van der Waals surface area contributed by atoms with Crippen molar-refractivity contribution in [2.75, 3.05) is 13.6 Å². The monoisotopic (exact) mass is 284 g/mol. The number of nitrogens with zero attached hydrogens (tertiary/aromatic N) is 1. The molecular formula is C14H24N2O2S. The summed E-state index contributed by atoms with van der Waals surface area (Å²) < 4.78 is 26.3. The van der Waals surface area contributed by atoms with Crippen molar-refractivity contribution in [1.82, 2.24) is 4.31 Å². The third-order valence-electron chi connectivity index (χ3n) is 3.57. The zero-order valence-electron chi connectivity index (χ0n) is 12.1. The van der Waals surface area contributed by atoms with Crippen LogP contribution in [0.2, 0.25) is 0 Å². The number of rotatable bonds is 6. The summed E-state index contributed by atoms with van der Waals surface area (Å²) >= 11 is 0. The molecular weight excluding hydrogens is 260 g/mol. The van der Waals surface area contributed by atoms with Crippen LogP contribution in [0.1, 0.15) is 26.3 Å². The van der Waals surface area contributed by atoms with Crippen molar-refractivity contribution < 1.29 is 8.42 Å². The van der Waals surface area contributed by atoms with Gasteiger partial charge in [-0.2, -0.15) is 4.31 Å². The highest BCUT2D eigenvalue weighted by atomic mass is 32.2. The molecule has 1 unspecified atom stereocenters. The molecule has 2 N–H and O–H groups in total. The van der Waals surface area contributed by atoms with Crippen molar-refractivity contribution in [3.8, 4) is 0 Å². The second-order valence-electron chi connectivity index (χ2n) is 5.19. The molecule has 108 valence electrons. The topological polar surface area (TPSA) is 63.4 Å². The van der Waals surface area contributed by atoms with Gasteiger partial charge < -0.3 is 5.73 Å². The predicted octanol–water partition coefficient (Wildman–Crippen LogP) is 1.85. The summed E-state index contributed by atoms with van der Waals surface area (Å²) in [5.74, 6) is 0.274. The minimum absolute atomic E-state index is 0.0336. The highest BCUT2D eigenvalue weighted by Crippen LogP contribution is 2.20. The third-order valence-corrected chi connectivity index (χ3v) is 5.53. The molecule has 0 amide bonds. The van der Waals surface area contributed by atoms with Crippen LogP contribution in [-0.4, -0.2) is 32.4 Å². The maximum absolute atomic E-state index is 12.4. The Bertz CT molecular complexity index is 495. The van der Waals surface area contributed by atoms with Gasteiger partial charge in [0.2, 0.25) is 10.0 Å². The first kappa shape index (κ1) is 16.1. The Balaban J connectivity index is 3.00. The van der Waals surface area contributed by atoms with Gasteiger partial charge in [-0.3, -0.25) is 0 Å². The van der Waals surface area contributed by atoms with E-state index in [-0.39, 0.29) is 12.0 Å². The molecule has 0 bridgehead atoms. The lowest BCUT2D eigenvalue weighted by Crippen LogP contribution is -2.38. The fraction of sp³-hybridized carbons (Fsp3) is 0.571. The van der Waals surface area contributed by atoms with E-state index < -0.39 is 10.0 Å². The molecule has 0 aliphatic rings. The van der Waals surface area contributed by atoms with Gasteiger partial charge in [0.15, 0.2) is 0 Å². The highest BCUT2D eigenvalue weighted by Gasteiger charge is 2.26. The fourth-order valence-corrected chi connectivity index (χ4v) is 3.29. The molecule has 4 nitrogen and oxygen atoms in total. The van der Waals surface area contributed by atoms with Crippen molar-refractivity contribution in [2.45, 2.75) is 38.1 Å². The Hall–Kier alpha value is -0.910. The Morgan fingerprint density at radius 2 is 1.68 bits per heavy atom. The molecule has 0 spiro atoms. The maximum atomic E-state index is 12.4. The second kappa shape index (κ2) is 6.50. The van der Waals surface area contributed by atoms with Gasteiger partial charge in [-0.1, -0.05) is 26.0 Å². The Kier molecular flexibility index (Phi) is 5.52. The van der Waals surface area contributed by atoms with Gasteiger partial charge in [0.25, 0.3) is 0 Å². The largest absolute Gasteiger partial charge is 0.330 e. The Morgan fingerprint density at radius 1 is 1.16 bits per heavy atom. The lowest BCUT2D eigenvalue weighted by Gasteiger charge is -2.27. The second-order valence-corrected chi connectivity index (χ2v) is 7.19. The predicted molar refractivity (Wildman–Crippen MR) is 78.4 cm³/mol. The molecule has 0 aliphatic carbocycles. The number of hydrogen-bond acceptors (Lipinski definition) is 3.